The Labute approximate surface area is 113 Å². The van der Waals surface area contributed by atoms with Gasteiger partial charge in [0.05, 0.1) is 7.11 Å². The molecule has 0 spiro atoms. The molecule has 0 atom stereocenters. The van der Waals surface area contributed by atoms with Gasteiger partial charge >= 0.3 is 0 Å². The number of hydrogen-bond acceptors (Lipinski definition) is 3. The van der Waals surface area contributed by atoms with E-state index in [1.54, 1.807) is 7.11 Å². The summed E-state index contributed by atoms with van der Waals surface area (Å²) in [6, 6.07) is 8.54. The predicted molar refractivity (Wildman–Crippen MR) is 78.9 cm³/mol. The van der Waals surface area contributed by atoms with Crippen LogP contribution in [0.2, 0.25) is 0 Å². The quantitative estimate of drug-likeness (QED) is 0.886. The lowest BCUT2D eigenvalue weighted by Gasteiger charge is -2.14. The Bertz CT molecular complexity index is 545. The maximum atomic E-state index is 5.44. The minimum absolute atomic E-state index is 0.867. The van der Waals surface area contributed by atoms with Crippen molar-refractivity contribution >= 4 is 17.0 Å². The van der Waals surface area contributed by atoms with E-state index in [4.69, 9.17) is 4.74 Å². The smallest absolute Gasteiger partial charge is 0.126 e. The van der Waals surface area contributed by atoms with Gasteiger partial charge in [0.15, 0.2) is 0 Å². The van der Waals surface area contributed by atoms with E-state index in [1.807, 2.05) is 11.3 Å². The van der Waals surface area contributed by atoms with Crippen LogP contribution in [0, 0.1) is 20.8 Å². The highest BCUT2D eigenvalue weighted by Gasteiger charge is 2.07. The average molecular weight is 261 g/mol. The summed E-state index contributed by atoms with van der Waals surface area (Å²) >= 11 is 1.83. The first-order valence-electron chi connectivity index (χ1n) is 6.05. The number of thiophene rings is 1. The maximum absolute atomic E-state index is 5.44. The van der Waals surface area contributed by atoms with Crippen LogP contribution >= 0.6 is 11.3 Å². The molecule has 2 rings (SSSR count). The van der Waals surface area contributed by atoms with Crippen molar-refractivity contribution in [1.82, 2.24) is 0 Å². The van der Waals surface area contributed by atoms with E-state index in [0.29, 0.717) is 0 Å². The number of hydrogen-bond donors (Lipinski definition) is 1. The first-order chi connectivity index (χ1) is 8.61. The lowest BCUT2D eigenvalue weighted by molar-refractivity contribution is 0.409. The van der Waals surface area contributed by atoms with E-state index in [2.05, 4.69) is 50.4 Å². The predicted octanol–water partition coefficient (Wildman–Crippen LogP) is 4.29. The van der Waals surface area contributed by atoms with Crippen molar-refractivity contribution in [2.75, 3.05) is 12.4 Å². The number of methoxy groups -OCH3 is 1. The van der Waals surface area contributed by atoms with E-state index in [0.717, 1.165) is 18.0 Å². The summed E-state index contributed by atoms with van der Waals surface area (Å²) in [7, 11) is 1.72. The molecule has 0 aliphatic heterocycles. The fourth-order valence-electron chi connectivity index (χ4n) is 2.10. The lowest BCUT2D eigenvalue weighted by atomic mass is 10.1. The SMILES string of the molecule is COc1c(C)ccc(NCc2ccc(C)s2)c1C. The summed E-state index contributed by atoms with van der Waals surface area (Å²) in [6.07, 6.45) is 0. The highest BCUT2D eigenvalue weighted by atomic mass is 32.1. The van der Waals surface area contributed by atoms with Gasteiger partial charge in [-0.25, -0.2) is 0 Å². The molecular weight excluding hydrogens is 242 g/mol. The largest absolute Gasteiger partial charge is 0.496 e. The number of anilines is 1. The van der Waals surface area contributed by atoms with Crippen molar-refractivity contribution in [3.05, 3.63) is 45.1 Å². The molecule has 2 aromatic rings. The number of benzene rings is 1. The molecule has 0 fully saturated rings. The van der Waals surface area contributed by atoms with Crippen molar-refractivity contribution in [3.8, 4) is 5.75 Å². The van der Waals surface area contributed by atoms with Gasteiger partial charge in [0.25, 0.3) is 0 Å². The summed E-state index contributed by atoms with van der Waals surface area (Å²) in [6.45, 7) is 7.16. The van der Waals surface area contributed by atoms with Gasteiger partial charge in [0.1, 0.15) is 5.75 Å². The minimum Gasteiger partial charge on any atom is -0.496 e. The van der Waals surface area contributed by atoms with Gasteiger partial charge in [-0.15, -0.1) is 11.3 Å². The molecule has 1 aromatic carbocycles. The van der Waals surface area contributed by atoms with Gasteiger partial charge in [-0.2, -0.15) is 0 Å². The first kappa shape index (κ1) is 13.0. The highest BCUT2D eigenvalue weighted by molar-refractivity contribution is 7.11. The van der Waals surface area contributed by atoms with E-state index in [1.165, 1.54) is 20.9 Å². The third-order valence-electron chi connectivity index (χ3n) is 3.06. The molecule has 18 heavy (non-hydrogen) atoms. The molecule has 0 saturated heterocycles. The second-order valence-electron chi connectivity index (χ2n) is 4.45. The van der Waals surface area contributed by atoms with Gasteiger partial charge in [0.2, 0.25) is 0 Å². The van der Waals surface area contributed by atoms with Gasteiger partial charge in [-0.3, -0.25) is 0 Å². The van der Waals surface area contributed by atoms with Gasteiger partial charge in [-0.05, 0) is 44.5 Å². The van der Waals surface area contributed by atoms with Gasteiger partial charge < -0.3 is 10.1 Å². The minimum atomic E-state index is 0.867. The van der Waals surface area contributed by atoms with E-state index < -0.39 is 0 Å². The molecular formula is C15H19NOS. The van der Waals surface area contributed by atoms with Gasteiger partial charge in [-0.1, -0.05) is 6.07 Å². The second-order valence-corrected chi connectivity index (χ2v) is 5.83. The molecule has 0 radical (unpaired) electrons. The normalized spacial score (nSPS) is 10.4. The van der Waals surface area contributed by atoms with Crippen LogP contribution in [0.25, 0.3) is 0 Å². The molecule has 0 saturated carbocycles. The Balaban J connectivity index is 2.14. The molecule has 0 unspecified atom stereocenters. The summed E-state index contributed by atoms with van der Waals surface area (Å²) < 4.78 is 5.44. The Morgan fingerprint density at radius 3 is 2.50 bits per heavy atom. The molecule has 0 aliphatic carbocycles. The molecule has 1 N–H and O–H groups in total. The van der Waals surface area contributed by atoms with Crippen molar-refractivity contribution in [1.29, 1.82) is 0 Å². The number of nitrogens with one attached hydrogen (secondary N) is 1. The first-order valence-corrected chi connectivity index (χ1v) is 6.87. The molecule has 96 valence electrons. The molecule has 0 amide bonds. The number of aryl methyl sites for hydroxylation is 2. The van der Waals surface area contributed by atoms with Crippen LogP contribution in [0.1, 0.15) is 20.9 Å². The van der Waals surface area contributed by atoms with Crippen LogP contribution in [0.3, 0.4) is 0 Å². The Morgan fingerprint density at radius 2 is 1.89 bits per heavy atom. The molecule has 1 aromatic heterocycles. The fourth-order valence-corrected chi connectivity index (χ4v) is 2.93. The monoisotopic (exact) mass is 261 g/mol. The molecule has 0 aliphatic rings. The molecule has 1 heterocycles. The molecule has 2 nitrogen and oxygen atoms in total. The van der Waals surface area contributed by atoms with Crippen LogP contribution in [-0.2, 0) is 6.54 Å². The van der Waals surface area contributed by atoms with Crippen LogP contribution < -0.4 is 10.1 Å². The Kier molecular flexibility index (Phi) is 3.92. The number of rotatable bonds is 4. The van der Waals surface area contributed by atoms with Crippen LogP contribution in [0.4, 0.5) is 5.69 Å². The molecule has 0 bridgehead atoms. The van der Waals surface area contributed by atoms with Crippen LogP contribution in [0.15, 0.2) is 24.3 Å². The third kappa shape index (κ3) is 2.67. The Morgan fingerprint density at radius 1 is 1.11 bits per heavy atom. The van der Waals surface area contributed by atoms with E-state index >= 15 is 0 Å². The maximum Gasteiger partial charge on any atom is 0.126 e. The third-order valence-corrected chi connectivity index (χ3v) is 4.06. The van der Waals surface area contributed by atoms with Crippen molar-refractivity contribution in [2.45, 2.75) is 27.3 Å². The van der Waals surface area contributed by atoms with Crippen LogP contribution in [0.5, 0.6) is 5.75 Å². The highest BCUT2D eigenvalue weighted by Crippen LogP contribution is 2.29. The van der Waals surface area contributed by atoms with Crippen molar-refractivity contribution < 1.29 is 4.74 Å². The summed E-state index contributed by atoms with van der Waals surface area (Å²) in [5, 5.41) is 3.47. The van der Waals surface area contributed by atoms with E-state index in [9.17, 15) is 0 Å². The zero-order chi connectivity index (χ0) is 13.1. The van der Waals surface area contributed by atoms with E-state index in [-0.39, 0.29) is 0 Å². The summed E-state index contributed by atoms with van der Waals surface area (Å²) in [5.74, 6) is 0.974. The van der Waals surface area contributed by atoms with Crippen molar-refractivity contribution in [2.24, 2.45) is 0 Å². The average Bonchev–Trinajstić information content (AvgIpc) is 2.75. The summed E-state index contributed by atoms with van der Waals surface area (Å²) in [5.41, 5.74) is 3.49. The fraction of sp³-hybridized carbons (Fsp3) is 0.333. The lowest BCUT2D eigenvalue weighted by Crippen LogP contribution is -2.01. The number of ether oxygens (including phenoxy) is 1. The van der Waals surface area contributed by atoms with Gasteiger partial charge in [0, 0.05) is 27.5 Å². The molecule has 3 heteroatoms. The topological polar surface area (TPSA) is 21.3 Å². The van der Waals surface area contributed by atoms with Crippen LogP contribution in [-0.4, -0.2) is 7.11 Å². The summed E-state index contributed by atoms with van der Waals surface area (Å²) in [4.78, 5) is 2.71. The zero-order valence-corrected chi connectivity index (χ0v) is 12.1. The Hall–Kier alpha value is -1.48. The zero-order valence-electron chi connectivity index (χ0n) is 11.3. The second kappa shape index (κ2) is 5.44. The standard InChI is InChI=1S/C15H19NOS/c1-10-5-8-14(12(3)15(10)17-4)16-9-13-7-6-11(2)18-13/h5-8,16H,9H2,1-4H3. The van der Waals surface area contributed by atoms with Crippen molar-refractivity contribution in [3.63, 3.8) is 0 Å².